The van der Waals surface area contributed by atoms with Gasteiger partial charge in [0.25, 0.3) is 5.91 Å². The summed E-state index contributed by atoms with van der Waals surface area (Å²) in [4.78, 5) is 29.0. The van der Waals surface area contributed by atoms with E-state index in [0.717, 1.165) is 11.9 Å². The number of hydrogen-bond acceptors (Lipinski definition) is 4. The fourth-order valence-electron chi connectivity index (χ4n) is 3.94. The zero-order chi connectivity index (χ0) is 22.1. The molecule has 0 saturated carbocycles. The Morgan fingerprint density at radius 2 is 1.87 bits per heavy atom. The molecule has 2 N–H and O–H groups in total. The molecule has 0 spiro atoms. The van der Waals surface area contributed by atoms with Crippen molar-refractivity contribution in [1.29, 1.82) is 0 Å². The second-order valence-corrected chi connectivity index (χ2v) is 8.00. The van der Waals surface area contributed by atoms with Crippen molar-refractivity contribution in [3.8, 4) is 0 Å². The third-order valence-electron chi connectivity index (χ3n) is 5.46. The quantitative estimate of drug-likeness (QED) is 0.573. The van der Waals surface area contributed by atoms with Gasteiger partial charge in [0.15, 0.2) is 11.5 Å². The standard InChI is InChI=1S/C24H23FN2O4/c1-26(2)12-5-13-27-21(15-8-10-17(25)11-9-15)20(23(29)24(27)30)22(28)19-14-16-6-3-4-7-18(16)31-19/h3-4,6-11,14,21,29H,5,12-13H2,1-2H3/p+1/t21-/m1/s1. The predicted molar refractivity (Wildman–Crippen MR) is 113 cm³/mol. The lowest BCUT2D eigenvalue weighted by molar-refractivity contribution is -0.858. The predicted octanol–water partition coefficient (Wildman–Crippen LogP) is 2.68. The van der Waals surface area contributed by atoms with Crippen LogP contribution in [0.1, 0.15) is 28.6 Å². The third-order valence-corrected chi connectivity index (χ3v) is 5.46. The molecule has 1 amide bonds. The Morgan fingerprint density at radius 3 is 2.55 bits per heavy atom. The fourth-order valence-corrected chi connectivity index (χ4v) is 3.94. The minimum Gasteiger partial charge on any atom is -0.503 e. The zero-order valence-electron chi connectivity index (χ0n) is 17.4. The second kappa shape index (κ2) is 8.35. The van der Waals surface area contributed by atoms with E-state index in [0.29, 0.717) is 24.1 Å². The van der Waals surface area contributed by atoms with Crippen LogP contribution in [0.2, 0.25) is 0 Å². The molecule has 7 heteroatoms. The Balaban J connectivity index is 1.74. The van der Waals surface area contributed by atoms with Gasteiger partial charge in [0, 0.05) is 18.4 Å². The molecular weight excluding hydrogens is 399 g/mol. The minimum atomic E-state index is -0.814. The molecule has 0 fully saturated rings. The monoisotopic (exact) mass is 423 g/mol. The summed E-state index contributed by atoms with van der Waals surface area (Å²) in [7, 11) is 4.02. The lowest BCUT2D eigenvalue weighted by Crippen LogP contribution is -3.05. The van der Waals surface area contributed by atoms with E-state index in [4.69, 9.17) is 4.42 Å². The number of ketones is 1. The molecule has 31 heavy (non-hydrogen) atoms. The van der Waals surface area contributed by atoms with Gasteiger partial charge in [0.2, 0.25) is 5.78 Å². The van der Waals surface area contributed by atoms with Crippen LogP contribution in [-0.2, 0) is 4.79 Å². The number of aliphatic hydroxyl groups excluding tert-OH is 1. The number of hydrogen-bond donors (Lipinski definition) is 2. The minimum absolute atomic E-state index is 0.0437. The number of rotatable bonds is 7. The number of fused-ring (bicyclic) bond motifs is 1. The number of carbonyl (C=O) groups excluding carboxylic acids is 2. The molecule has 0 unspecified atom stereocenters. The van der Waals surface area contributed by atoms with E-state index in [1.165, 1.54) is 34.1 Å². The fraction of sp³-hybridized carbons (Fsp3) is 0.250. The second-order valence-electron chi connectivity index (χ2n) is 8.00. The average Bonchev–Trinajstić information content (AvgIpc) is 3.28. The maximum absolute atomic E-state index is 13.5. The van der Waals surface area contributed by atoms with Crippen LogP contribution >= 0.6 is 0 Å². The van der Waals surface area contributed by atoms with Gasteiger partial charge >= 0.3 is 0 Å². The Labute approximate surface area is 179 Å². The van der Waals surface area contributed by atoms with E-state index in [9.17, 15) is 19.1 Å². The highest BCUT2D eigenvalue weighted by molar-refractivity contribution is 6.16. The van der Waals surface area contributed by atoms with E-state index >= 15 is 0 Å². The summed E-state index contributed by atoms with van der Waals surface area (Å²) in [6.07, 6.45) is 0.686. The third kappa shape index (κ3) is 3.96. The van der Waals surface area contributed by atoms with Crippen LogP contribution < -0.4 is 4.90 Å². The van der Waals surface area contributed by atoms with Crippen LogP contribution in [0.4, 0.5) is 4.39 Å². The highest BCUT2D eigenvalue weighted by Crippen LogP contribution is 2.39. The van der Waals surface area contributed by atoms with Crippen LogP contribution in [0, 0.1) is 5.82 Å². The number of amides is 1. The van der Waals surface area contributed by atoms with E-state index in [1.54, 1.807) is 18.2 Å². The molecule has 0 saturated heterocycles. The van der Waals surface area contributed by atoms with Crippen molar-refractivity contribution in [2.24, 2.45) is 0 Å². The summed E-state index contributed by atoms with van der Waals surface area (Å²) < 4.78 is 19.2. The Morgan fingerprint density at radius 1 is 1.16 bits per heavy atom. The normalized spacial score (nSPS) is 16.7. The lowest BCUT2D eigenvalue weighted by Gasteiger charge is -2.26. The summed E-state index contributed by atoms with van der Waals surface area (Å²) in [6.45, 7) is 1.17. The van der Waals surface area contributed by atoms with Gasteiger partial charge in [-0.1, -0.05) is 30.3 Å². The summed E-state index contributed by atoms with van der Waals surface area (Å²) >= 11 is 0. The van der Waals surface area contributed by atoms with Gasteiger partial charge in [0.05, 0.1) is 32.3 Å². The highest BCUT2D eigenvalue weighted by Gasteiger charge is 2.44. The van der Waals surface area contributed by atoms with Crippen molar-refractivity contribution in [3.05, 3.63) is 83.1 Å². The molecule has 1 aliphatic rings. The number of aliphatic hydroxyl groups is 1. The Hall–Kier alpha value is -3.45. The molecule has 0 aliphatic carbocycles. The summed E-state index contributed by atoms with van der Waals surface area (Å²) in [5.41, 5.74) is 1.04. The number of furan rings is 1. The van der Waals surface area contributed by atoms with E-state index in [-0.39, 0.29) is 11.3 Å². The van der Waals surface area contributed by atoms with Gasteiger partial charge in [-0.25, -0.2) is 4.39 Å². The van der Waals surface area contributed by atoms with Gasteiger partial charge in [0.1, 0.15) is 11.4 Å². The molecule has 1 aromatic heterocycles. The smallest absolute Gasteiger partial charge is 0.290 e. The zero-order valence-corrected chi connectivity index (χ0v) is 17.4. The van der Waals surface area contributed by atoms with Crippen molar-refractivity contribution in [1.82, 2.24) is 4.90 Å². The Kier molecular flexibility index (Phi) is 5.61. The van der Waals surface area contributed by atoms with E-state index < -0.39 is 29.3 Å². The lowest BCUT2D eigenvalue weighted by atomic mass is 9.95. The number of halogens is 1. The van der Waals surface area contributed by atoms with Crippen molar-refractivity contribution in [2.75, 3.05) is 27.2 Å². The number of carbonyl (C=O) groups is 2. The summed E-state index contributed by atoms with van der Waals surface area (Å²) in [5.74, 6) is -2.13. The number of nitrogens with one attached hydrogen (secondary N) is 1. The molecule has 6 nitrogen and oxygen atoms in total. The number of nitrogens with zero attached hydrogens (tertiary/aromatic N) is 1. The first kappa shape index (κ1) is 20.8. The number of benzene rings is 2. The van der Waals surface area contributed by atoms with Gasteiger partial charge < -0.3 is 19.3 Å². The number of para-hydroxylation sites is 1. The topological polar surface area (TPSA) is 75.2 Å². The number of Topliss-reactive ketones (excluding diaryl/α,β-unsaturated/α-hetero) is 1. The first-order valence-electron chi connectivity index (χ1n) is 10.2. The van der Waals surface area contributed by atoms with E-state index in [2.05, 4.69) is 0 Å². The van der Waals surface area contributed by atoms with Crippen LogP contribution in [0.3, 0.4) is 0 Å². The molecule has 2 aromatic carbocycles. The van der Waals surface area contributed by atoms with Gasteiger partial charge in [-0.3, -0.25) is 9.59 Å². The Bertz CT molecular complexity index is 1130. The van der Waals surface area contributed by atoms with E-state index in [1.807, 2.05) is 26.2 Å². The first-order chi connectivity index (χ1) is 14.9. The maximum Gasteiger partial charge on any atom is 0.290 e. The van der Waals surface area contributed by atoms with Crippen LogP contribution in [0.5, 0.6) is 0 Å². The molecule has 160 valence electrons. The van der Waals surface area contributed by atoms with Gasteiger partial charge in [-0.05, 0) is 29.8 Å². The van der Waals surface area contributed by atoms with Gasteiger partial charge in [-0.2, -0.15) is 0 Å². The largest absolute Gasteiger partial charge is 0.503 e. The van der Waals surface area contributed by atoms with Crippen LogP contribution in [-0.4, -0.2) is 48.9 Å². The molecule has 0 radical (unpaired) electrons. The van der Waals surface area contributed by atoms with Crippen molar-refractivity contribution in [3.63, 3.8) is 0 Å². The molecular formula is C24H24FN2O4+. The molecule has 1 atom stereocenters. The van der Waals surface area contributed by atoms with Crippen LogP contribution in [0.15, 0.2) is 70.3 Å². The summed E-state index contributed by atoms with van der Waals surface area (Å²) in [6, 6.07) is 13.6. The van der Waals surface area contributed by atoms with Crippen molar-refractivity contribution >= 4 is 22.7 Å². The SMILES string of the molecule is C[NH+](C)CCCN1C(=O)C(O)=C(C(=O)c2cc3ccccc3o2)[C@H]1c1ccc(F)cc1. The molecule has 3 aromatic rings. The molecule has 2 heterocycles. The number of quaternary nitrogens is 1. The summed E-state index contributed by atoms with van der Waals surface area (Å²) in [5, 5.41) is 11.4. The average molecular weight is 423 g/mol. The highest BCUT2D eigenvalue weighted by atomic mass is 19.1. The first-order valence-corrected chi connectivity index (χ1v) is 10.2. The molecule has 1 aliphatic heterocycles. The van der Waals surface area contributed by atoms with Crippen molar-refractivity contribution < 1.29 is 28.4 Å². The maximum atomic E-state index is 13.5. The molecule has 0 bridgehead atoms. The van der Waals surface area contributed by atoms with Gasteiger partial charge in [-0.15, -0.1) is 0 Å². The molecule has 4 rings (SSSR count). The van der Waals surface area contributed by atoms with Crippen molar-refractivity contribution in [2.45, 2.75) is 12.5 Å². The van der Waals surface area contributed by atoms with Crippen LogP contribution in [0.25, 0.3) is 11.0 Å².